The second-order valence-corrected chi connectivity index (χ2v) is 5.21. The van der Waals surface area contributed by atoms with Gasteiger partial charge in [0.15, 0.2) is 0 Å². The summed E-state index contributed by atoms with van der Waals surface area (Å²) in [7, 11) is 1.58. The van der Waals surface area contributed by atoms with E-state index in [1.807, 2.05) is 12.1 Å². The van der Waals surface area contributed by atoms with Crippen molar-refractivity contribution in [2.45, 2.75) is 6.54 Å². The van der Waals surface area contributed by atoms with Gasteiger partial charge in [-0.25, -0.2) is 0 Å². The van der Waals surface area contributed by atoms with Crippen molar-refractivity contribution in [3.8, 4) is 0 Å². The Balaban J connectivity index is 1.76. The molecule has 2 rings (SSSR count). The second kappa shape index (κ2) is 10.2. The van der Waals surface area contributed by atoms with Crippen LogP contribution in [0, 0.1) is 0 Å². The number of hydrogen-bond acceptors (Lipinski definition) is 5. The molecule has 132 valence electrons. The van der Waals surface area contributed by atoms with Crippen LogP contribution in [0.4, 0.5) is 5.69 Å². The monoisotopic (exact) mass is 343 g/mol. The van der Waals surface area contributed by atoms with E-state index in [1.165, 1.54) is 6.20 Å². The Morgan fingerprint density at radius 3 is 2.60 bits per heavy atom. The number of pyridine rings is 1. The number of methoxy groups -OCH3 is 1. The number of hydrogen-bond donors (Lipinski definition) is 2. The molecule has 7 heteroatoms. The number of nitrogens with one attached hydrogen (secondary N) is 2. The number of carbonyl (C=O) groups is 2. The van der Waals surface area contributed by atoms with Gasteiger partial charge in [0.1, 0.15) is 6.61 Å². The summed E-state index contributed by atoms with van der Waals surface area (Å²) in [5.74, 6) is -0.410. The number of amides is 2. The topological polar surface area (TPSA) is 89.5 Å². The molecule has 0 atom stereocenters. The Hall–Kier alpha value is -2.77. The molecular weight excluding hydrogens is 322 g/mol. The van der Waals surface area contributed by atoms with E-state index >= 15 is 0 Å². The maximum Gasteiger partial charge on any atom is 0.257 e. The third kappa shape index (κ3) is 6.70. The first kappa shape index (κ1) is 18.6. The lowest BCUT2D eigenvalue weighted by molar-refractivity contribution is -0.126. The number of nitrogens with zero attached hydrogens (tertiary/aromatic N) is 1. The second-order valence-electron chi connectivity index (χ2n) is 5.21. The fourth-order valence-corrected chi connectivity index (χ4v) is 1.97. The highest BCUT2D eigenvalue weighted by atomic mass is 16.5. The highest BCUT2D eigenvalue weighted by Gasteiger charge is 2.06. The molecule has 0 fully saturated rings. The zero-order valence-corrected chi connectivity index (χ0v) is 14.0. The van der Waals surface area contributed by atoms with E-state index < -0.39 is 0 Å². The van der Waals surface area contributed by atoms with Crippen molar-refractivity contribution in [2.75, 3.05) is 32.2 Å². The summed E-state index contributed by atoms with van der Waals surface area (Å²) >= 11 is 0. The fourth-order valence-electron chi connectivity index (χ4n) is 1.97. The molecule has 0 saturated heterocycles. The molecule has 1 heterocycles. The van der Waals surface area contributed by atoms with Crippen molar-refractivity contribution in [1.82, 2.24) is 10.3 Å². The van der Waals surface area contributed by atoms with Gasteiger partial charge in [0.25, 0.3) is 5.91 Å². The van der Waals surface area contributed by atoms with Gasteiger partial charge in [0, 0.05) is 31.7 Å². The number of aromatic nitrogens is 1. The van der Waals surface area contributed by atoms with Crippen LogP contribution in [0.25, 0.3) is 0 Å². The Labute approximate surface area is 146 Å². The first-order valence-corrected chi connectivity index (χ1v) is 7.82. The minimum absolute atomic E-state index is 0.00259. The minimum atomic E-state index is -0.220. The molecule has 0 bridgehead atoms. The molecular formula is C18H21N3O4. The first-order valence-electron chi connectivity index (χ1n) is 7.82. The lowest BCUT2D eigenvalue weighted by atomic mass is 10.2. The van der Waals surface area contributed by atoms with Crippen molar-refractivity contribution in [3.63, 3.8) is 0 Å². The summed E-state index contributed by atoms with van der Waals surface area (Å²) in [6.45, 7) is 1.24. The maximum absolute atomic E-state index is 12.0. The van der Waals surface area contributed by atoms with Crippen LogP contribution < -0.4 is 10.6 Å². The maximum atomic E-state index is 12.0. The molecule has 0 aliphatic carbocycles. The summed E-state index contributed by atoms with van der Waals surface area (Å²) < 4.78 is 9.97. The Morgan fingerprint density at radius 2 is 1.92 bits per heavy atom. The van der Waals surface area contributed by atoms with Gasteiger partial charge in [-0.05, 0) is 29.8 Å². The summed E-state index contributed by atoms with van der Waals surface area (Å²) in [6, 6.07) is 10.6. The number of anilines is 1. The molecule has 0 unspecified atom stereocenters. The molecule has 0 spiro atoms. The van der Waals surface area contributed by atoms with Crippen molar-refractivity contribution in [1.29, 1.82) is 0 Å². The fraction of sp³-hybridized carbons (Fsp3) is 0.278. The highest BCUT2D eigenvalue weighted by molar-refractivity contribution is 6.03. The van der Waals surface area contributed by atoms with E-state index in [2.05, 4.69) is 15.6 Å². The molecule has 25 heavy (non-hydrogen) atoms. The zero-order chi connectivity index (χ0) is 17.9. The van der Waals surface area contributed by atoms with Crippen molar-refractivity contribution in [3.05, 3.63) is 59.9 Å². The Morgan fingerprint density at radius 1 is 1.12 bits per heavy atom. The highest BCUT2D eigenvalue weighted by Crippen LogP contribution is 2.11. The largest absolute Gasteiger partial charge is 0.382 e. The predicted molar refractivity (Wildman–Crippen MR) is 93.2 cm³/mol. The van der Waals surface area contributed by atoms with Gasteiger partial charge in [-0.15, -0.1) is 0 Å². The van der Waals surface area contributed by atoms with Crippen molar-refractivity contribution < 1.29 is 19.1 Å². The normalized spacial score (nSPS) is 10.3. The molecule has 2 N–H and O–H groups in total. The predicted octanol–water partition coefficient (Wildman–Crippen LogP) is 1.61. The van der Waals surface area contributed by atoms with Gasteiger partial charge >= 0.3 is 0 Å². The van der Waals surface area contributed by atoms with Crippen LogP contribution in [0.1, 0.15) is 15.9 Å². The SMILES string of the molecule is COCCOCC(=O)NCc1ccc(NC(=O)c2cccnc2)cc1. The molecule has 0 aliphatic rings. The quantitative estimate of drug-likeness (QED) is 0.675. The van der Waals surface area contributed by atoms with E-state index in [0.29, 0.717) is 31.0 Å². The smallest absolute Gasteiger partial charge is 0.257 e. The van der Waals surface area contributed by atoms with Gasteiger partial charge in [-0.1, -0.05) is 12.1 Å². The van der Waals surface area contributed by atoms with Crippen LogP contribution in [0.15, 0.2) is 48.8 Å². The molecule has 1 aromatic carbocycles. The standard InChI is InChI=1S/C18H21N3O4/c1-24-9-10-25-13-17(22)20-11-14-4-6-16(7-5-14)21-18(23)15-3-2-8-19-12-15/h2-8,12H,9-11,13H2,1H3,(H,20,22)(H,21,23). The van der Waals surface area contributed by atoms with Crippen LogP contribution in [-0.2, 0) is 20.8 Å². The number of carbonyl (C=O) groups excluding carboxylic acids is 2. The van der Waals surface area contributed by atoms with E-state index in [0.717, 1.165) is 5.56 Å². The number of rotatable bonds is 9. The summed E-state index contributed by atoms with van der Waals surface area (Å²) in [4.78, 5) is 27.6. The van der Waals surface area contributed by atoms with Crippen molar-refractivity contribution >= 4 is 17.5 Å². The van der Waals surface area contributed by atoms with Crippen LogP contribution >= 0.6 is 0 Å². The van der Waals surface area contributed by atoms with Gasteiger partial charge in [-0.2, -0.15) is 0 Å². The van der Waals surface area contributed by atoms with E-state index in [9.17, 15) is 9.59 Å². The van der Waals surface area contributed by atoms with Gasteiger partial charge in [0.05, 0.1) is 18.8 Å². The van der Waals surface area contributed by atoms with E-state index in [1.54, 1.807) is 37.6 Å². The van der Waals surface area contributed by atoms with E-state index in [4.69, 9.17) is 9.47 Å². The molecule has 0 aliphatic heterocycles. The zero-order valence-electron chi connectivity index (χ0n) is 14.0. The number of benzene rings is 1. The van der Waals surface area contributed by atoms with E-state index in [-0.39, 0.29) is 18.4 Å². The van der Waals surface area contributed by atoms with Crippen LogP contribution in [-0.4, -0.2) is 43.7 Å². The lowest BCUT2D eigenvalue weighted by Gasteiger charge is -2.08. The average molecular weight is 343 g/mol. The first-order chi connectivity index (χ1) is 12.2. The van der Waals surface area contributed by atoms with Crippen molar-refractivity contribution in [2.24, 2.45) is 0 Å². The average Bonchev–Trinajstić information content (AvgIpc) is 2.65. The number of ether oxygens (including phenoxy) is 2. The van der Waals surface area contributed by atoms with Gasteiger partial charge in [0.2, 0.25) is 5.91 Å². The van der Waals surface area contributed by atoms with Crippen LogP contribution in [0.5, 0.6) is 0 Å². The van der Waals surface area contributed by atoms with Gasteiger partial charge in [-0.3, -0.25) is 14.6 Å². The molecule has 7 nitrogen and oxygen atoms in total. The van der Waals surface area contributed by atoms with Crippen LogP contribution in [0.2, 0.25) is 0 Å². The minimum Gasteiger partial charge on any atom is -0.382 e. The summed E-state index contributed by atoms with van der Waals surface area (Å²) in [5.41, 5.74) is 2.09. The molecule has 2 amide bonds. The summed E-state index contributed by atoms with van der Waals surface area (Å²) in [5, 5.41) is 5.55. The molecule has 1 aromatic heterocycles. The molecule has 0 radical (unpaired) electrons. The molecule has 2 aromatic rings. The lowest BCUT2D eigenvalue weighted by Crippen LogP contribution is -2.27. The third-order valence-corrected chi connectivity index (χ3v) is 3.29. The third-order valence-electron chi connectivity index (χ3n) is 3.29. The van der Waals surface area contributed by atoms with Gasteiger partial charge < -0.3 is 20.1 Å². The Bertz CT molecular complexity index is 674. The van der Waals surface area contributed by atoms with Crippen LogP contribution in [0.3, 0.4) is 0 Å². The molecule has 0 saturated carbocycles. The summed E-state index contributed by atoms with van der Waals surface area (Å²) in [6.07, 6.45) is 3.12. The Kier molecular flexibility index (Phi) is 7.55.